The number of hydrogen-bond donors (Lipinski definition) is 1. The van der Waals surface area contributed by atoms with Crippen molar-refractivity contribution in [1.82, 2.24) is 24.5 Å². The quantitative estimate of drug-likeness (QED) is 0.786. The molecule has 1 unspecified atom stereocenters. The molecule has 3 heterocycles. The van der Waals surface area contributed by atoms with Crippen molar-refractivity contribution in [1.29, 1.82) is 0 Å². The van der Waals surface area contributed by atoms with E-state index in [1.54, 1.807) is 18.7 Å². The van der Waals surface area contributed by atoms with Gasteiger partial charge in [-0.2, -0.15) is 10.2 Å². The molecule has 29 heavy (non-hydrogen) atoms. The molecule has 0 saturated carbocycles. The Bertz CT molecular complexity index is 888. The van der Waals surface area contributed by atoms with Crippen molar-refractivity contribution >= 4 is 17.5 Å². The summed E-state index contributed by atoms with van der Waals surface area (Å²) in [5.74, 6) is -0.727. The Kier molecular flexibility index (Phi) is 6.26. The zero-order valence-electron chi connectivity index (χ0n) is 16.6. The first kappa shape index (κ1) is 20.9. The third kappa shape index (κ3) is 4.29. The summed E-state index contributed by atoms with van der Waals surface area (Å²) in [5, 5.41) is 10.7. The van der Waals surface area contributed by atoms with Crippen LogP contribution in [0.25, 0.3) is 0 Å². The molecule has 0 spiro atoms. The Morgan fingerprint density at radius 3 is 2.59 bits per heavy atom. The molecule has 1 aliphatic heterocycles. The van der Waals surface area contributed by atoms with Crippen molar-refractivity contribution in [2.24, 2.45) is 0 Å². The number of alkyl halides is 2. The van der Waals surface area contributed by atoms with Gasteiger partial charge < -0.3 is 15.0 Å². The van der Waals surface area contributed by atoms with E-state index in [-0.39, 0.29) is 23.0 Å². The number of rotatable bonds is 6. The van der Waals surface area contributed by atoms with Crippen LogP contribution < -0.4 is 5.32 Å². The van der Waals surface area contributed by atoms with Gasteiger partial charge in [-0.1, -0.05) is 0 Å². The van der Waals surface area contributed by atoms with Crippen LogP contribution in [0.3, 0.4) is 0 Å². The average molecular weight is 410 g/mol. The maximum atomic E-state index is 13.0. The lowest BCUT2D eigenvalue weighted by Crippen LogP contribution is -2.42. The van der Waals surface area contributed by atoms with E-state index in [0.29, 0.717) is 38.5 Å². The second kappa shape index (κ2) is 8.68. The fraction of sp³-hybridized carbons (Fsp3) is 0.556. The van der Waals surface area contributed by atoms with Gasteiger partial charge in [-0.05, 0) is 26.8 Å². The molecule has 2 amide bonds. The van der Waals surface area contributed by atoms with Gasteiger partial charge in [-0.25, -0.2) is 8.78 Å². The van der Waals surface area contributed by atoms with Crippen LogP contribution in [-0.2, 0) is 16.1 Å². The molecule has 1 N–H and O–H groups in total. The summed E-state index contributed by atoms with van der Waals surface area (Å²) in [7, 11) is 0. The summed E-state index contributed by atoms with van der Waals surface area (Å²) in [6, 6.07) is 0.399. The van der Waals surface area contributed by atoms with Gasteiger partial charge >= 0.3 is 0 Å². The van der Waals surface area contributed by atoms with Gasteiger partial charge in [0.1, 0.15) is 17.4 Å². The van der Waals surface area contributed by atoms with Crippen molar-refractivity contribution in [3.63, 3.8) is 0 Å². The van der Waals surface area contributed by atoms with Gasteiger partial charge in [-0.15, -0.1) is 0 Å². The predicted molar refractivity (Wildman–Crippen MR) is 99.9 cm³/mol. The van der Waals surface area contributed by atoms with Crippen LogP contribution in [0.4, 0.5) is 14.5 Å². The molecule has 2 aromatic heterocycles. The first-order valence-electron chi connectivity index (χ1n) is 9.41. The predicted octanol–water partition coefficient (Wildman–Crippen LogP) is 2.02. The monoisotopic (exact) mass is 410 g/mol. The molecule has 3 rings (SSSR count). The lowest BCUT2D eigenvalue weighted by atomic mass is 10.2. The highest BCUT2D eigenvalue weighted by atomic mass is 19.3. The first-order chi connectivity index (χ1) is 13.8. The minimum atomic E-state index is -2.72. The summed E-state index contributed by atoms with van der Waals surface area (Å²) in [5.41, 5.74) is 0.612. The van der Waals surface area contributed by atoms with Gasteiger partial charge in [0.15, 0.2) is 0 Å². The van der Waals surface area contributed by atoms with E-state index in [1.165, 1.54) is 21.6 Å². The highest BCUT2D eigenvalue weighted by Gasteiger charge is 2.28. The third-order valence-corrected chi connectivity index (χ3v) is 4.81. The largest absolute Gasteiger partial charge is 0.378 e. The normalized spacial score (nSPS) is 15.6. The summed E-state index contributed by atoms with van der Waals surface area (Å²) in [6.07, 6.45) is -1.30. The van der Waals surface area contributed by atoms with E-state index < -0.39 is 18.4 Å². The van der Waals surface area contributed by atoms with E-state index in [2.05, 4.69) is 15.5 Å². The Balaban J connectivity index is 1.81. The number of amides is 2. The number of morpholine rings is 1. The highest BCUT2D eigenvalue weighted by Crippen LogP contribution is 2.23. The Morgan fingerprint density at radius 2 is 2.00 bits per heavy atom. The number of carbonyl (C=O) groups excluding carboxylic acids is 2. The van der Waals surface area contributed by atoms with E-state index in [0.717, 1.165) is 0 Å². The SMILES string of the molecule is CCn1ncc(NC(=O)C(C)n2nc(C(F)F)cc2C)c1C(=O)N1CCOCC1. The number of anilines is 1. The molecule has 1 atom stereocenters. The van der Waals surface area contributed by atoms with Crippen LogP contribution in [0.15, 0.2) is 12.3 Å². The Labute approximate surface area is 166 Å². The summed E-state index contributed by atoms with van der Waals surface area (Å²) in [4.78, 5) is 27.4. The molecule has 9 nitrogen and oxygen atoms in total. The summed E-state index contributed by atoms with van der Waals surface area (Å²) < 4.78 is 33.8. The van der Waals surface area contributed by atoms with Crippen LogP contribution in [0, 0.1) is 6.92 Å². The van der Waals surface area contributed by atoms with Crippen molar-refractivity contribution in [3.8, 4) is 0 Å². The van der Waals surface area contributed by atoms with Crippen molar-refractivity contribution < 1.29 is 23.1 Å². The summed E-state index contributed by atoms with van der Waals surface area (Å²) in [6.45, 7) is 7.28. The minimum absolute atomic E-state index is 0.245. The van der Waals surface area contributed by atoms with Gasteiger partial charge in [0, 0.05) is 25.3 Å². The fourth-order valence-electron chi connectivity index (χ4n) is 3.22. The molecule has 0 bridgehead atoms. The second-order valence-corrected chi connectivity index (χ2v) is 6.75. The standard InChI is InChI=1S/C18H24F2N6O3/c1-4-25-15(18(28)24-5-7-29-8-6-24)14(10-21-25)22-17(27)12(3)26-11(2)9-13(23-26)16(19)20/h9-10,12,16H,4-8H2,1-3H3,(H,22,27). The molecular weight excluding hydrogens is 386 g/mol. The van der Waals surface area contributed by atoms with E-state index >= 15 is 0 Å². The van der Waals surface area contributed by atoms with Crippen LogP contribution in [0.2, 0.25) is 0 Å². The number of hydrogen-bond acceptors (Lipinski definition) is 5. The third-order valence-electron chi connectivity index (χ3n) is 4.81. The van der Waals surface area contributed by atoms with Gasteiger partial charge in [-0.3, -0.25) is 19.0 Å². The van der Waals surface area contributed by atoms with Gasteiger partial charge in [0.2, 0.25) is 5.91 Å². The molecule has 1 aliphatic rings. The highest BCUT2D eigenvalue weighted by molar-refractivity contribution is 6.03. The number of carbonyl (C=O) groups is 2. The molecule has 2 aromatic rings. The molecular formula is C18H24F2N6O3. The van der Waals surface area contributed by atoms with Crippen LogP contribution in [0.5, 0.6) is 0 Å². The molecule has 0 aliphatic carbocycles. The maximum Gasteiger partial charge on any atom is 0.282 e. The average Bonchev–Trinajstić information content (AvgIpc) is 3.30. The van der Waals surface area contributed by atoms with Crippen molar-refractivity contribution in [3.05, 3.63) is 29.3 Å². The lowest BCUT2D eigenvalue weighted by molar-refractivity contribution is -0.119. The van der Waals surface area contributed by atoms with E-state index in [9.17, 15) is 18.4 Å². The molecule has 1 fully saturated rings. The number of halogens is 2. The molecule has 0 radical (unpaired) electrons. The Hall–Kier alpha value is -2.82. The number of aromatic nitrogens is 4. The lowest BCUT2D eigenvalue weighted by Gasteiger charge is -2.27. The minimum Gasteiger partial charge on any atom is -0.378 e. The maximum absolute atomic E-state index is 13.0. The van der Waals surface area contributed by atoms with Crippen LogP contribution >= 0.6 is 0 Å². The van der Waals surface area contributed by atoms with Crippen LogP contribution in [-0.4, -0.2) is 62.6 Å². The number of aryl methyl sites for hydroxylation is 2. The number of nitrogens with one attached hydrogen (secondary N) is 1. The number of ether oxygens (including phenoxy) is 1. The van der Waals surface area contributed by atoms with Gasteiger partial charge in [0.05, 0.1) is 25.1 Å². The smallest absolute Gasteiger partial charge is 0.282 e. The molecule has 0 aromatic carbocycles. The molecule has 11 heteroatoms. The molecule has 1 saturated heterocycles. The first-order valence-corrected chi connectivity index (χ1v) is 9.41. The summed E-state index contributed by atoms with van der Waals surface area (Å²) >= 11 is 0. The Morgan fingerprint density at radius 1 is 1.31 bits per heavy atom. The number of nitrogens with zero attached hydrogens (tertiary/aromatic N) is 5. The van der Waals surface area contributed by atoms with Crippen molar-refractivity contribution in [2.45, 2.75) is 39.8 Å². The zero-order valence-corrected chi connectivity index (χ0v) is 16.6. The zero-order chi connectivity index (χ0) is 21.1. The van der Waals surface area contributed by atoms with E-state index in [1.807, 2.05) is 6.92 Å². The van der Waals surface area contributed by atoms with Crippen LogP contribution in [0.1, 0.15) is 48.2 Å². The van der Waals surface area contributed by atoms with Crippen molar-refractivity contribution in [2.75, 3.05) is 31.6 Å². The topological polar surface area (TPSA) is 94.3 Å². The molecule has 158 valence electrons. The van der Waals surface area contributed by atoms with Gasteiger partial charge in [0.25, 0.3) is 12.3 Å². The second-order valence-electron chi connectivity index (χ2n) is 6.75. The van der Waals surface area contributed by atoms with E-state index in [4.69, 9.17) is 4.74 Å². The fourth-order valence-corrected chi connectivity index (χ4v) is 3.22.